The number of hydrogen-bond acceptors (Lipinski definition) is 3. The van der Waals surface area contributed by atoms with Crippen LogP contribution in [-0.4, -0.2) is 13.0 Å². The molecule has 0 unspecified atom stereocenters. The Bertz CT molecular complexity index is 1110. The van der Waals surface area contributed by atoms with Gasteiger partial charge < -0.3 is 14.8 Å². The third-order valence-electron chi connectivity index (χ3n) is 4.57. The van der Waals surface area contributed by atoms with Crippen molar-refractivity contribution in [2.45, 2.75) is 6.61 Å². The standard InChI is InChI=1S/C23H17Cl2NO3/c1-28-22-11-15(4-9-21(22)29-13-14-2-5-16(24)6-3-14)10-19-18-12-17(25)7-8-20(18)26-23(19)27/h2-12H,13H2,1H3,(H,26,27). The molecule has 1 heterocycles. The van der Waals surface area contributed by atoms with Gasteiger partial charge in [-0.1, -0.05) is 41.4 Å². The van der Waals surface area contributed by atoms with Gasteiger partial charge in [-0.2, -0.15) is 0 Å². The topological polar surface area (TPSA) is 47.6 Å². The molecule has 0 radical (unpaired) electrons. The number of ether oxygens (including phenoxy) is 2. The van der Waals surface area contributed by atoms with E-state index in [0.29, 0.717) is 33.7 Å². The molecule has 1 amide bonds. The van der Waals surface area contributed by atoms with E-state index in [2.05, 4.69) is 5.32 Å². The molecule has 0 saturated carbocycles. The third-order valence-corrected chi connectivity index (χ3v) is 5.06. The van der Waals surface area contributed by atoms with Gasteiger partial charge in [-0.3, -0.25) is 4.79 Å². The van der Waals surface area contributed by atoms with Crippen molar-refractivity contribution in [2.24, 2.45) is 0 Å². The van der Waals surface area contributed by atoms with Crippen LogP contribution in [0.3, 0.4) is 0 Å². The van der Waals surface area contributed by atoms with Crippen LogP contribution >= 0.6 is 23.2 Å². The molecule has 4 rings (SSSR count). The first kappa shape index (κ1) is 19.4. The Labute approximate surface area is 178 Å². The lowest BCUT2D eigenvalue weighted by Gasteiger charge is -2.12. The smallest absolute Gasteiger partial charge is 0.256 e. The lowest BCUT2D eigenvalue weighted by Crippen LogP contribution is -2.03. The highest BCUT2D eigenvalue weighted by atomic mass is 35.5. The van der Waals surface area contributed by atoms with Crippen molar-refractivity contribution in [3.05, 3.63) is 87.4 Å². The van der Waals surface area contributed by atoms with E-state index in [-0.39, 0.29) is 5.91 Å². The van der Waals surface area contributed by atoms with E-state index in [1.807, 2.05) is 48.5 Å². The molecular weight excluding hydrogens is 409 g/mol. The Kier molecular flexibility index (Phi) is 5.47. The van der Waals surface area contributed by atoms with Gasteiger partial charge in [0.25, 0.3) is 5.91 Å². The minimum atomic E-state index is -0.163. The molecule has 4 nitrogen and oxygen atoms in total. The number of benzene rings is 3. The van der Waals surface area contributed by atoms with Gasteiger partial charge in [0.1, 0.15) is 6.61 Å². The monoisotopic (exact) mass is 425 g/mol. The second kappa shape index (κ2) is 8.19. The summed E-state index contributed by atoms with van der Waals surface area (Å²) in [6, 6.07) is 18.3. The number of halogens is 2. The molecule has 146 valence electrons. The fourth-order valence-corrected chi connectivity index (χ4v) is 3.40. The summed E-state index contributed by atoms with van der Waals surface area (Å²) >= 11 is 12.0. The minimum absolute atomic E-state index is 0.163. The number of rotatable bonds is 5. The molecule has 3 aromatic rings. The van der Waals surface area contributed by atoms with Crippen LogP contribution in [0.2, 0.25) is 10.0 Å². The van der Waals surface area contributed by atoms with E-state index in [1.54, 1.807) is 25.3 Å². The van der Waals surface area contributed by atoms with Crippen LogP contribution in [0.25, 0.3) is 11.6 Å². The predicted molar refractivity (Wildman–Crippen MR) is 117 cm³/mol. The Balaban J connectivity index is 1.58. The minimum Gasteiger partial charge on any atom is -0.493 e. The molecule has 1 N–H and O–H groups in total. The highest BCUT2D eigenvalue weighted by molar-refractivity contribution is 6.36. The Morgan fingerprint density at radius 2 is 1.69 bits per heavy atom. The molecule has 1 aliphatic heterocycles. The van der Waals surface area contributed by atoms with Gasteiger partial charge in [-0.15, -0.1) is 0 Å². The number of carbonyl (C=O) groups is 1. The van der Waals surface area contributed by atoms with Crippen molar-refractivity contribution < 1.29 is 14.3 Å². The second-order valence-corrected chi connectivity index (χ2v) is 7.40. The number of anilines is 1. The highest BCUT2D eigenvalue weighted by Crippen LogP contribution is 2.36. The maximum atomic E-state index is 12.4. The van der Waals surface area contributed by atoms with E-state index in [0.717, 1.165) is 22.4 Å². The van der Waals surface area contributed by atoms with Crippen LogP contribution in [0.4, 0.5) is 5.69 Å². The van der Waals surface area contributed by atoms with Crippen LogP contribution in [0.15, 0.2) is 60.7 Å². The molecule has 3 aromatic carbocycles. The first-order chi connectivity index (χ1) is 14.0. The Hall–Kier alpha value is -2.95. The van der Waals surface area contributed by atoms with Gasteiger partial charge in [-0.25, -0.2) is 0 Å². The molecule has 0 fully saturated rings. The van der Waals surface area contributed by atoms with Crippen LogP contribution in [0, 0.1) is 0 Å². The van der Waals surface area contributed by atoms with Gasteiger partial charge in [-0.05, 0) is 59.7 Å². The number of fused-ring (bicyclic) bond motifs is 1. The summed E-state index contributed by atoms with van der Waals surface area (Å²) < 4.78 is 11.4. The fraction of sp³-hybridized carbons (Fsp3) is 0.0870. The molecule has 0 aliphatic carbocycles. The quantitative estimate of drug-likeness (QED) is 0.504. The number of nitrogens with one attached hydrogen (secondary N) is 1. The first-order valence-corrected chi connectivity index (χ1v) is 9.67. The van der Waals surface area contributed by atoms with Gasteiger partial charge in [0, 0.05) is 26.9 Å². The number of carbonyl (C=O) groups excluding carboxylic acids is 1. The maximum Gasteiger partial charge on any atom is 0.256 e. The summed E-state index contributed by atoms with van der Waals surface area (Å²) in [5.41, 5.74) is 3.90. The average Bonchev–Trinajstić information content (AvgIpc) is 3.02. The molecule has 0 aromatic heterocycles. The summed E-state index contributed by atoms with van der Waals surface area (Å²) in [4.78, 5) is 12.4. The zero-order valence-corrected chi connectivity index (χ0v) is 17.1. The molecule has 29 heavy (non-hydrogen) atoms. The predicted octanol–water partition coefficient (Wildman–Crippen LogP) is 6.07. The Morgan fingerprint density at radius 1 is 0.931 bits per heavy atom. The number of methoxy groups -OCH3 is 1. The number of amides is 1. The summed E-state index contributed by atoms with van der Waals surface area (Å²) in [6.07, 6.45) is 1.81. The fourth-order valence-electron chi connectivity index (χ4n) is 3.11. The van der Waals surface area contributed by atoms with E-state index in [1.165, 1.54) is 0 Å². The van der Waals surface area contributed by atoms with Gasteiger partial charge in [0.05, 0.1) is 7.11 Å². The van der Waals surface area contributed by atoms with E-state index in [9.17, 15) is 4.79 Å². The number of hydrogen-bond donors (Lipinski definition) is 1. The van der Waals surface area contributed by atoms with Crippen molar-refractivity contribution >= 4 is 46.4 Å². The zero-order valence-electron chi connectivity index (χ0n) is 15.5. The van der Waals surface area contributed by atoms with E-state index >= 15 is 0 Å². The summed E-state index contributed by atoms with van der Waals surface area (Å²) in [7, 11) is 1.58. The van der Waals surface area contributed by atoms with E-state index in [4.69, 9.17) is 32.7 Å². The summed E-state index contributed by atoms with van der Waals surface area (Å²) in [6.45, 7) is 0.391. The van der Waals surface area contributed by atoms with Crippen molar-refractivity contribution in [3.8, 4) is 11.5 Å². The van der Waals surface area contributed by atoms with E-state index < -0.39 is 0 Å². The second-order valence-electron chi connectivity index (χ2n) is 6.53. The van der Waals surface area contributed by atoms with Crippen molar-refractivity contribution in [1.29, 1.82) is 0 Å². The average molecular weight is 426 g/mol. The van der Waals surface area contributed by atoms with Crippen molar-refractivity contribution in [3.63, 3.8) is 0 Å². The lowest BCUT2D eigenvalue weighted by molar-refractivity contribution is -0.110. The molecule has 1 aliphatic rings. The maximum absolute atomic E-state index is 12.4. The molecule has 6 heteroatoms. The highest BCUT2D eigenvalue weighted by Gasteiger charge is 2.24. The third kappa shape index (κ3) is 4.24. The zero-order chi connectivity index (χ0) is 20.4. The van der Waals surface area contributed by atoms with Gasteiger partial charge in [0.15, 0.2) is 11.5 Å². The molecule has 0 atom stereocenters. The molecule has 0 spiro atoms. The molecule has 0 saturated heterocycles. The van der Waals surface area contributed by atoms with Crippen LogP contribution < -0.4 is 14.8 Å². The SMILES string of the molecule is COc1cc(C=C2C(=O)Nc3ccc(Cl)cc32)ccc1OCc1ccc(Cl)cc1. The largest absolute Gasteiger partial charge is 0.493 e. The summed E-state index contributed by atoms with van der Waals surface area (Å²) in [5.74, 6) is 1.03. The van der Waals surface area contributed by atoms with Gasteiger partial charge >= 0.3 is 0 Å². The molecular formula is C23H17Cl2NO3. The van der Waals surface area contributed by atoms with Crippen molar-refractivity contribution in [1.82, 2.24) is 0 Å². The van der Waals surface area contributed by atoms with Gasteiger partial charge in [0.2, 0.25) is 0 Å². The van der Waals surface area contributed by atoms with Crippen LogP contribution in [0.1, 0.15) is 16.7 Å². The van der Waals surface area contributed by atoms with Crippen molar-refractivity contribution in [2.75, 3.05) is 12.4 Å². The van der Waals surface area contributed by atoms with Crippen LogP contribution in [0.5, 0.6) is 11.5 Å². The first-order valence-electron chi connectivity index (χ1n) is 8.92. The normalized spacial score (nSPS) is 13.9. The lowest BCUT2D eigenvalue weighted by atomic mass is 10.0. The summed E-state index contributed by atoms with van der Waals surface area (Å²) in [5, 5.41) is 4.11. The molecule has 0 bridgehead atoms. The Morgan fingerprint density at radius 3 is 2.45 bits per heavy atom. The van der Waals surface area contributed by atoms with Crippen LogP contribution in [-0.2, 0) is 11.4 Å².